The maximum atomic E-state index is 10.2. The van der Waals surface area contributed by atoms with Gasteiger partial charge in [-0.25, -0.2) is 0 Å². The van der Waals surface area contributed by atoms with E-state index in [4.69, 9.17) is 9.47 Å². The highest BCUT2D eigenvalue weighted by Crippen LogP contribution is 2.26. The minimum Gasteiger partial charge on any atom is -0.394 e. The van der Waals surface area contributed by atoms with Crippen molar-refractivity contribution in [3.63, 3.8) is 0 Å². The quantitative estimate of drug-likeness (QED) is 0.290. The molecule has 1 aliphatic heterocycles. The molecule has 0 aromatic heterocycles. The SMILES string of the molecule is CCCCCCCCCC(CCCCCCCC)OC1O[C@H](CO)[C@H](O)[C@H]1O. The number of hydrogen-bond acceptors (Lipinski definition) is 5. The van der Waals surface area contributed by atoms with Crippen LogP contribution in [0, 0.1) is 0 Å². The first-order chi connectivity index (χ1) is 13.6. The van der Waals surface area contributed by atoms with Crippen molar-refractivity contribution in [1.82, 2.24) is 0 Å². The van der Waals surface area contributed by atoms with Gasteiger partial charge >= 0.3 is 0 Å². The van der Waals surface area contributed by atoms with Crippen LogP contribution in [-0.2, 0) is 9.47 Å². The molecule has 1 fully saturated rings. The first-order valence-electron chi connectivity index (χ1n) is 11.9. The lowest BCUT2D eigenvalue weighted by Crippen LogP contribution is -2.36. The predicted octanol–water partition coefficient (Wildman–Crippen LogP) is 4.70. The summed E-state index contributed by atoms with van der Waals surface area (Å²) in [5.41, 5.74) is 0. The molecular formula is C23H46O5. The summed E-state index contributed by atoms with van der Waals surface area (Å²) in [4.78, 5) is 0. The molecule has 0 aromatic rings. The van der Waals surface area contributed by atoms with Crippen molar-refractivity contribution in [2.45, 2.75) is 141 Å². The van der Waals surface area contributed by atoms with Crippen LogP contribution in [0.4, 0.5) is 0 Å². The van der Waals surface area contributed by atoms with Gasteiger partial charge in [0.2, 0.25) is 0 Å². The normalized spacial score (nSPS) is 26.0. The molecule has 0 radical (unpaired) electrons. The molecule has 1 aliphatic rings. The van der Waals surface area contributed by atoms with Crippen LogP contribution in [0.15, 0.2) is 0 Å². The molecule has 5 nitrogen and oxygen atoms in total. The topological polar surface area (TPSA) is 79.2 Å². The van der Waals surface area contributed by atoms with E-state index in [2.05, 4.69) is 13.8 Å². The predicted molar refractivity (Wildman–Crippen MR) is 113 cm³/mol. The van der Waals surface area contributed by atoms with Gasteiger partial charge in [-0.1, -0.05) is 97.3 Å². The Kier molecular flexibility index (Phi) is 15.3. The molecular weight excluding hydrogens is 356 g/mol. The van der Waals surface area contributed by atoms with Gasteiger partial charge in [-0.2, -0.15) is 0 Å². The molecule has 1 rings (SSSR count). The third-order valence-electron chi connectivity index (χ3n) is 5.83. The molecule has 168 valence electrons. The average Bonchev–Trinajstić information content (AvgIpc) is 2.97. The second-order valence-electron chi connectivity index (χ2n) is 8.43. The summed E-state index contributed by atoms with van der Waals surface area (Å²) in [5.74, 6) is 0. The average molecular weight is 403 g/mol. The van der Waals surface area contributed by atoms with E-state index in [1.165, 1.54) is 70.6 Å². The smallest absolute Gasteiger partial charge is 0.186 e. The van der Waals surface area contributed by atoms with E-state index in [1.54, 1.807) is 0 Å². The number of ether oxygens (including phenoxy) is 2. The van der Waals surface area contributed by atoms with Crippen LogP contribution in [0.25, 0.3) is 0 Å². The van der Waals surface area contributed by atoms with Crippen molar-refractivity contribution in [1.29, 1.82) is 0 Å². The number of aliphatic hydroxyl groups is 3. The van der Waals surface area contributed by atoms with Gasteiger partial charge in [0.15, 0.2) is 6.29 Å². The van der Waals surface area contributed by atoms with Crippen LogP contribution in [0.2, 0.25) is 0 Å². The Morgan fingerprint density at radius 1 is 0.714 bits per heavy atom. The van der Waals surface area contributed by atoms with Gasteiger partial charge < -0.3 is 24.8 Å². The van der Waals surface area contributed by atoms with E-state index in [-0.39, 0.29) is 12.7 Å². The third-order valence-corrected chi connectivity index (χ3v) is 5.83. The molecule has 0 amide bonds. The minimum atomic E-state index is -1.08. The molecule has 0 saturated carbocycles. The zero-order valence-corrected chi connectivity index (χ0v) is 18.4. The Morgan fingerprint density at radius 2 is 1.18 bits per heavy atom. The fourth-order valence-electron chi connectivity index (χ4n) is 3.93. The summed E-state index contributed by atoms with van der Waals surface area (Å²) in [6.07, 6.45) is 14.6. The maximum absolute atomic E-state index is 10.2. The van der Waals surface area contributed by atoms with Crippen LogP contribution < -0.4 is 0 Å². The number of hydrogen-bond donors (Lipinski definition) is 3. The molecule has 2 unspecified atom stereocenters. The Labute approximate surface area is 172 Å². The van der Waals surface area contributed by atoms with Crippen LogP contribution in [0.1, 0.15) is 110 Å². The van der Waals surface area contributed by atoms with E-state index in [0.717, 1.165) is 25.7 Å². The summed E-state index contributed by atoms with van der Waals surface area (Å²) in [6, 6.07) is 0. The van der Waals surface area contributed by atoms with Crippen molar-refractivity contribution in [2.75, 3.05) is 6.61 Å². The lowest BCUT2D eigenvalue weighted by molar-refractivity contribution is -0.196. The zero-order valence-electron chi connectivity index (χ0n) is 18.4. The second kappa shape index (κ2) is 16.6. The molecule has 1 saturated heterocycles. The largest absolute Gasteiger partial charge is 0.394 e. The molecule has 3 N–H and O–H groups in total. The minimum absolute atomic E-state index is 0.0473. The first-order valence-corrected chi connectivity index (χ1v) is 11.9. The molecule has 1 heterocycles. The highest BCUT2D eigenvalue weighted by molar-refractivity contribution is 4.86. The molecule has 28 heavy (non-hydrogen) atoms. The first kappa shape index (κ1) is 25.8. The third kappa shape index (κ3) is 10.5. The van der Waals surface area contributed by atoms with Gasteiger partial charge in [0.25, 0.3) is 0 Å². The lowest BCUT2D eigenvalue weighted by Gasteiger charge is -2.24. The van der Waals surface area contributed by atoms with Crippen molar-refractivity contribution in [2.24, 2.45) is 0 Å². The summed E-state index contributed by atoms with van der Waals surface area (Å²) in [6.45, 7) is 4.16. The molecule has 0 aliphatic carbocycles. The van der Waals surface area contributed by atoms with Gasteiger partial charge in [0.05, 0.1) is 12.7 Å². The van der Waals surface area contributed by atoms with Crippen molar-refractivity contribution in [3.05, 3.63) is 0 Å². The fraction of sp³-hybridized carbons (Fsp3) is 1.00. The Bertz CT molecular complexity index is 352. The maximum Gasteiger partial charge on any atom is 0.186 e. The van der Waals surface area contributed by atoms with Crippen molar-refractivity contribution < 1.29 is 24.8 Å². The number of unbranched alkanes of at least 4 members (excludes halogenated alkanes) is 11. The van der Waals surface area contributed by atoms with Crippen LogP contribution >= 0.6 is 0 Å². The standard InChI is InChI=1S/C23H46O5/c1-3-5-7-9-11-13-15-17-19(16-14-12-10-8-6-4-2)27-23-22(26)21(25)20(18-24)28-23/h19-26H,3-18H2,1-2H3/t19?,20-,21+,22-,23?/m1/s1. The van der Waals surface area contributed by atoms with Crippen molar-refractivity contribution in [3.8, 4) is 0 Å². The highest BCUT2D eigenvalue weighted by Gasteiger charge is 2.43. The lowest BCUT2D eigenvalue weighted by atomic mass is 10.0. The fourth-order valence-corrected chi connectivity index (χ4v) is 3.93. The van der Waals surface area contributed by atoms with Crippen LogP contribution in [-0.4, -0.2) is 52.6 Å². The van der Waals surface area contributed by atoms with E-state index < -0.39 is 24.6 Å². The monoisotopic (exact) mass is 402 g/mol. The summed E-state index contributed by atoms with van der Waals surface area (Å²) in [7, 11) is 0. The summed E-state index contributed by atoms with van der Waals surface area (Å²) in [5, 5.41) is 29.4. The van der Waals surface area contributed by atoms with E-state index in [1.807, 2.05) is 0 Å². The molecule has 0 aromatic carbocycles. The molecule has 0 bridgehead atoms. The summed E-state index contributed by atoms with van der Waals surface area (Å²) >= 11 is 0. The van der Waals surface area contributed by atoms with Gasteiger partial charge in [-0.3, -0.25) is 0 Å². The highest BCUT2D eigenvalue weighted by atomic mass is 16.7. The second-order valence-corrected chi connectivity index (χ2v) is 8.43. The van der Waals surface area contributed by atoms with Crippen LogP contribution in [0.5, 0.6) is 0 Å². The summed E-state index contributed by atoms with van der Waals surface area (Å²) < 4.78 is 11.6. The van der Waals surface area contributed by atoms with Crippen LogP contribution in [0.3, 0.4) is 0 Å². The van der Waals surface area contributed by atoms with Gasteiger partial charge in [-0.15, -0.1) is 0 Å². The van der Waals surface area contributed by atoms with E-state index in [9.17, 15) is 15.3 Å². The van der Waals surface area contributed by atoms with Gasteiger partial charge in [-0.05, 0) is 12.8 Å². The van der Waals surface area contributed by atoms with Crippen molar-refractivity contribution >= 4 is 0 Å². The van der Waals surface area contributed by atoms with Gasteiger partial charge in [0, 0.05) is 0 Å². The van der Waals surface area contributed by atoms with Gasteiger partial charge in [0.1, 0.15) is 18.3 Å². The zero-order chi connectivity index (χ0) is 20.6. The van der Waals surface area contributed by atoms with E-state index >= 15 is 0 Å². The number of rotatable bonds is 18. The molecule has 0 spiro atoms. The number of aliphatic hydroxyl groups excluding tert-OH is 3. The molecule has 5 atom stereocenters. The Morgan fingerprint density at radius 3 is 1.61 bits per heavy atom. The van der Waals surface area contributed by atoms with E-state index in [0.29, 0.717) is 0 Å². The Hall–Kier alpha value is -0.200. The Balaban J connectivity index is 2.35. The molecule has 5 heteroatoms.